The van der Waals surface area contributed by atoms with E-state index in [0.717, 1.165) is 12.8 Å². The fourth-order valence-electron chi connectivity index (χ4n) is 1.18. The summed E-state index contributed by atoms with van der Waals surface area (Å²) in [5, 5.41) is 0. The summed E-state index contributed by atoms with van der Waals surface area (Å²) in [7, 11) is 1.37. The van der Waals surface area contributed by atoms with Gasteiger partial charge in [-0.15, -0.1) is 0 Å². The first-order valence-corrected chi connectivity index (χ1v) is 4.18. The van der Waals surface area contributed by atoms with Gasteiger partial charge in [0.2, 0.25) is 0 Å². The van der Waals surface area contributed by atoms with Gasteiger partial charge < -0.3 is 9.47 Å². The van der Waals surface area contributed by atoms with E-state index >= 15 is 0 Å². The normalized spacial score (nSPS) is 28.5. The molecule has 3 heteroatoms. The summed E-state index contributed by atoms with van der Waals surface area (Å²) in [6, 6.07) is 0. The molecule has 0 aromatic rings. The first-order valence-electron chi connectivity index (χ1n) is 4.18. The molecule has 1 rings (SSSR count). The largest absolute Gasteiger partial charge is 0.467 e. The molecule has 68 valence electrons. The third-order valence-corrected chi connectivity index (χ3v) is 1.94. The van der Waals surface area contributed by atoms with Crippen LogP contribution in [0.15, 0.2) is 12.2 Å². The van der Waals surface area contributed by atoms with Crippen LogP contribution in [0.1, 0.15) is 19.8 Å². The van der Waals surface area contributed by atoms with E-state index in [1.165, 1.54) is 7.11 Å². The lowest BCUT2D eigenvalue weighted by molar-refractivity contribution is -0.154. The van der Waals surface area contributed by atoms with Crippen LogP contribution in [0.2, 0.25) is 0 Å². The highest BCUT2D eigenvalue weighted by molar-refractivity contribution is 5.76. The van der Waals surface area contributed by atoms with Crippen LogP contribution >= 0.6 is 0 Å². The molecular formula is C9H14O3. The molecule has 0 amide bonds. The van der Waals surface area contributed by atoms with E-state index in [9.17, 15) is 4.79 Å². The molecule has 0 radical (unpaired) electrons. The zero-order valence-corrected chi connectivity index (χ0v) is 7.45. The van der Waals surface area contributed by atoms with E-state index in [1.807, 2.05) is 13.0 Å². The standard InChI is InChI=1S/C9H14O3/c1-3-7-5-4-6-8(12-7)9(10)11-2/h4,6-8H,3,5H2,1-2H3/t7-,8-/m1/s1. The van der Waals surface area contributed by atoms with Gasteiger partial charge in [-0.3, -0.25) is 0 Å². The van der Waals surface area contributed by atoms with Gasteiger partial charge in [-0.05, 0) is 18.9 Å². The molecule has 1 aliphatic rings. The lowest BCUT2D eigenvalue weighted by Gasteiger charge is -2.22. The van der Waals surface area contributed by atoms with Crippen LogP contribution in [-0.2, 0) is 14.3 Å². The van der Waals surface area contributed by atoms with Gasteiger partial charge in [-0.25, -0.2) is 4.79 Å². The van der Waals surface area contributed by atoms with Crippen LogP contribution in [0, 0.1) is 0 Å². The van der Waals surface area contributed by atoms with Crippen LogP contribution in [-0.4, -0.2) is 25.3 Å². The van der Waals surface area contributed by atoms with Gasteiger partial charge in [0, 0.05) is 0 Å². The molecular weight excluding hydrogens is 156 g/mol. The molecule has 0 aromatic heterocycles. The zero-order valence-electron chi connectivity index (χ0n) is 7.45. The Morgan fingerprint density at radius 3 is 3.08 bits per heavy atom. The van der Waals surface area contributed by atoms with Crippen LogP contribution in [0.25, 0.3) is 0 Å². The molecule has 0 bridgehead atoms. The first-order chi connectivity index (χ1) is 5.77. The van der Waals surface area contributed by atoms with Crippen LogP contribution in [0.3, 0.4) is 0 Å². The highest BCUT2D eigenvalue weighted by Crippen LogP contribution is 2.15. The number of methoxy groups -OCH3 is 1. The van der Waals surface area contributed by atoms with Crippen LogP contribution in [0.4, 0.5) is 0 Å². The van der Waals surface area contributed by atoms with Crippen molar-refractivity contribution in [2.45, 2.75) is 32.0 Å². The SMILES string of the molecule is CC[C@@H]1CC=C[C@H](C(=O)OC)O1. The minimum absolute atomic E-state index is 0.166. The van der Waals surface area contributed by atoms with Crippen molar-refractivity contribution in [3.05, 3.63) is 12.2 Å². The fourth-order valence-corrected chi connectivity index (χ4v) is 1.18. The molecule has 0 aliphatic carbocycles. The molecule has 0 fully saturated rings. The first kappa shape index (κ1) is 9.26. The average Bonchev–Trinajstić information content (AvgIpc) is 2.17. The Balaban J connectivity index is 2.51. The van der Waals surface area contributed by atoms with E-state index in [2.05, 4.69) is 4.74 Å². The van der Waals surface area contributed by atoms with Crippen molar-refractivity contribution < 1.29 is 14.3 Å². The third kappa shape index (κ3) is 2.08. The van der Waals surface area contributed by atoms with Gasteiger partial charge in [-0.1, -0.05) is 13.0 Å². The summed E-state index contributed by atoms with van der Waals surface area (Å²) >= 11 is 0. The number of ether oxygens (including phenoxy) is 2. The molecule has 0 saturated heterocycles. The lowest BCUT2D eigenvalue weighted by Crippen LogP contribution is -2.31. The van der Waals surface area contributed by atoms with Crippen LogP contribution < -0.4 is 0 Å². The van der Waals surface area contributed by atoms with E-state index in [1.54, 1.807) is 6.08 Å². The number of rotatable bonds is 2. The van der Waals surface area contributed by atoms with Gasteiger partial charge in [0.15, 0.2) is 6.10 Å². The second-order valence-electron chi connectivity index (χ2n) is 2.77. The zero-order chi connectivity index (χ0) is 8.97. The Labute approximate surface area is 72.4 Å². The number of hydrogen-bond acceptors (Lipinski definition) is 3. The maximum atomic E-state index is 11.0. The molecule has 0 aromatic carbocycles. The molecule has 0 spiro atoms. The summed E-state index contributed by atoms with van der Waals surface area (Å²) in [5.74, 6) is -0.315. The van der Waals surface area contributed by atoms with Crippen molar-refractivity contribution in [1.82, 2.24) is 0 Å². The summed E-state index contributed by atoms with van der Waals surface area (Å²) in [4.78, 5) is 11.0. The number of hydrogen-bond donors (Lipinski definition) is 0. The van der Waals surface area contributed by atoms with Gasteiger partial charge in [-0.2, -0.15) is 0 Å². The minimum Gasteiger partial charge on any atom is -0.467 e. The molecule has 1 heterocycles. The van der Waals surface area contributed by atoms with E-state index < -0.39 is 6.10 Å². The van der Waals surface area contributed by atoms with Crippen molar-refractivity contribution in [3.8, 4) is 0 Å². The summed E-state index contributed by atoms with van der Waals surface area (Å²) in [6.45, 7) is 2.04. The van der Waals surface area contributed by atoms with Gasteiger partial charge in [0.25, 0.3) is 0 Å². The smallest absolute Gasteiger partial charge is 0.339 e. The maximum absolute atomic E-state index is 11.0. The molecule has 0 N–H and O–H groups in total. The quantitative estimate of drug-likeness (QED) is 0.462. The predicted octanol–water partition coefficient (Wildman–Crippen LogP) is 1.28. The van der Waals surface area contributed by atoms with Crippen LogP contribution in [0.5, 0.6) is 0 Å². The Kier molecular flexibility index (Phi) is 3.29. The van der Waals surface area contributed by atoms with E-state index in [4.69, 9.17) is 4.74 Å². The third-order valence-electron chi connectivity index (χ3n) is 1.94. The Hall–Kier alpha value is -0.830. The molecule has 3 nitrogen and oxygen atoms in total. The maximum Gasteiger partial charge on any atom is 0.339 e. The number of carbonyl (C=O) groups excluding carboxylic acids is 1. The predicted molar refractivity (Wildman–Crippen MR) is 44.7 cm³/mol. The molecule has 0 unspecified atom stereocenters. The van der Waals surface area contributed by atoms with Gasteiger partial charge in [0.05, 0.1) is 13.2 Å². The minimum atomic E-state index is -0.492. The number of esters is 1. The summed E-state index contributed by atoms with van der Waals surface area (Å²) < 4.78 is 9.99. The number of carbonyl (C=O) groups is 1. The summed E-state index contributed by atoms with van der Waals surface area (Å²) in [6.07, 6.45) is 5.21. The molecule has 2 atom stereocenters. The molecule has 0 saturated carbocycles. The summed E-state index contributed by atoms with van der Waals surface area (Å²) in [5.41, 5.74) is 0. The second kappa shape index (κ2) is 4.26. The van der Waals surface area contributed by atoms with Crippen molar-refractivity contribution in [2.75, 3.05) is 7.11 Å². The van der Waals surface area contributed by atoms with Crippen molar-refractivity contribution in [2.24, 2.45) is 0 Å². The lowest BCUT2D eigenvalue weighted by atomic mass is 10.1. The Bertz CT molecular complexity index is 186. The Morgan fingerprint density at radius 2 is 2.50 bits per heavy atom. The molecule has 12 heavy (non-hydrogen) atoms. The fraction of sp³-hybridized carbons (Fsp3) is 0.667. The van der Waals surface area contributed by atoms with Gasteiger partial charge in [0.1, 0.15) is 0 Å². The molecule has 1 aliphatic heterocycles. The van der Waals surface area contributed by atoms with Crippen molar-refractivity contribution >= 4 is 5.97 Å². The van der Waals surface area contributed by atoms with Gasteiger partial charge >= 0.3 is 5.97 Å². The van der Waals surface area contributed by atoms with E-state index in [0.29, 0.717) is 0 Å². The Morgan fingerprint density at radius 1 is 1.75 bits per heavy atom. The highest BCUT2D eigenvalue weighted by Gasteiger charge is 2.23. The second-order valence-corrected chi connectivity index (χ2v) is 2.77. The topological polar surface area (TPSA) is 35.5 Å². The monoisotopic (exact) mass is 170 g/mol. The average molecular weight is 170 g/mol. The van der Waals surface area contributed by atoms with E-state index in [-0.39, 0.29) is 12.1 Å². The van der Waals surface area contributed by atoms with Crippen molar-refractivity contribution in [3.63, 3.8) is 0 Å². The van der Waals surface area contributed by atoms with Crippen molar-refractivity contribution in [1.29, 1.82) is 0 Å². The highest BCUT2D eigenvalue weighted by atomic mass is 16.6.